The van der Waals surface area contributed by atoms with Gasteiger partial charge in [-0.05, 0) is 57.3 Å². The van der Waals surface area contributed by atoms with Gasteiger partial charge in [0.25, 0.3) is 0 Å². The van der Waals surface area contributed by atoms with E-state index in [4.69, 9.17) is 23.2 Å². The molecular formula is C15H21Cl2N3. The van der Waals surface area contributed by atoms with E-state index in [2.05, 4.69) is 15.2 Å². The average Bonchev–Trinajstić information content (AvgIpc) is 3.25. The lowest BCUT2D eigenvalue weighted by Crippen LogP contribution is -2.42. The highest BCUT2D eigenvalue weighted by Gasteiger charge is 2.24. The first-order valence-electron chi connectivity index (χ1n) is 7.46. The first-order chi connectivity index (χ1) is 9.70. The fraction of sp³-hybridized carbons (Fsp3) is 0.667. The zero-order chi connectivity index (χ0) is 13.9. The summed E-state index contributed by atoms with van der Waals surface area (Å²) in [7, 11) is 0. The van der Waals surface area contributed by atoms with Crippen molar-refractivity contribution in [1.29, 1.82) is 0 Å². The Labute approximate surface area is 130 Å². The molecular weight excluding hydrogens is 293 g/mol. The van der Waals surface area contributed by atoms with E-state index in [0.29, 0.717) is 11.2 Å². The highest BCUT2D eigenvalue weighted by molar-refractivity contribution is 6.34. The van der Waals surface area contributed by atoms with Crippen LogP contribution in [0.15, 0.2) is 12.3 Å². The molecule has 3 nitrogen and oxygen atoms in total. The van der Waals surface area contributed by atoms with Crippen molar-refractivity contribution in [2.45, 2.75) is 38.3 Å². The number of pyridine rings is 1. The van der Waals surface area contributed by atoms with Gasteiger partial charge in [-0.2, -0.15) is 0 Å². The molecule has 1 saturated carbocycles. The van der Waals surface area contributed by atoms with Crippen LogP contribution in [0, 0.1) is 5.92 Å². The lowest BCUT2D eigenvalue weighted by Gasteiger charge is -2.32. The van der Waals surface area contributed by atoms with Gasteiger partial charge in [-0.15, -0.1) is 0 Å². The predicted octanol–water partition coefficient (Wildman–Crippen LogP) is 3.35. The third kappa shape index (κ3) is 4.08. The summed E-state index contributed by atoms with van der Waals surface area (Å²) in [6.45, 7) is 4.35. The highest BCUT2D eigenvalue weighted by Crippen LogP contribution is 2.28. The smallest absolute Gasteiger partial charge is 0.130 e. The normalized spacial score (nSPS) is 21.3. The van der Waals surface area contributed by atoms with Gasteiger partial charge in [0, 0.05) is 29.4 Å². The third-order valence-electron chi connectivity index (χ3n) is 4.27. The molecule has 1 aromatic rings. The Morgan fingerprint density at radius 2 is 1.95 bits per heavy atom. The van der Waals surface area contributed by atoms with Crippen LogP contribution in [0.3, 0.4) is 0 Å². The van der Waals surface area contributed by atoms with Crippen molar-refractivity contribution in [3.63, 3.8) is 0 Å². The molecule has 1 saturated heterocycles. The largest absolute Gasteiger partial charge is 0.314 e. The lowest BCUT2D eigenvalue weighted by molar-refractivity contribution is 0.190. The maximum absolute atomic E-state index is 6.21. The minimum Gasteiger partial charge on any atom is -0.314 e. The van der Waals surface area contributed by atoms with Crippen LogP contribution >= 0.6 is 23.2 Å². The molecule has 2 fully saturated rings. The van der Waals surface area contributed by atoms with Crippen LogP contribution in [-0.4, -0.2) is 35.6 Å². The predicted molar refractivity (Wildman–Crippen MR) is 83.3 cm³/mol. The number of nitrogens with one attached hydrogen (secondary N) is 1. The van der Waals surface area contributed by atoms with Crippen LogP contribution in [0.2, 0.25) is 10.2 Å². The maximum Gasteiger partial charge on any atom is 0.130 e. The average molecular weight is 314 g/mol. The summed E-state index contributed by atoms with van der Waals surface area (Å²) in [4.78, 5) is 6.57. The Balaban J connectivity index is 1.45. The standard InChI is InChI=1S/C15H21Cl2N3/c16-14-7-15(17)19-9-12(14)10-20-5-3-13(4-6-20)18-8-11-1-2-11/h7,9,11,13,18H,1-6,8,10H2. The van der Waals surface area contributed by atoms with Crippen molar-refractivity contribution in [2.24, 2.45) is 5.92 Å². The van der Waals surface area contributed by atoms with Gasteiger partial charge in [0.15, 0.2) is 0 Å². The minimum absolute atomic E-state index is 0.460. The van der Waals surface area contributed by atoms with Crippen LogP contribution in [0.4, 0.5) is 0 Å². The van der Waals surface area contributed by atoms with E-state index in [1.807, 2.05) is 0 Å². The number of nitrogens with zero attached hydrogens (tertiary/aromatic N) is 2. The van der Waals surface area contributed by atoms with Gasteiger partial charge in [0.05, 0.1) is 0 Å². The summed E-state index contributed by atoms with van der Waals surface area (Å²) in [5.41, 5.74) is 1.07. The van der Waals surface area contributed by atoms with Crippen molar-refractivity contribution in [2.75, 3.05) is 19.6 Å². The number of piperidine rings is 1. The number of rotatable bonds is 5. The zero-order valence-electron chi connectivity index (χ0n) is 11.6. The quantitative estimate of drug-likeness (QED) is 0.845. The van der Waals surface area contributed by atoms with Crippen LogP contribution in [0.1, 0.15) is 31.2 Å². The van der Waals surface area contributed by atoms with Crippen molar-refractivity contribution in [3.8, 4) is 0 Å². The molecule has 2 heterocycles. The molecule has 1 aromatic heterocycles. The molecule has 110 valence electrons. The fourth-order valence-corrected chi connectivity index (χ4v) is 3.17. The summed E-state index contributed by atoms with van der Waals surface area (Å²) in [5.74, 6) is 0.965. The molecule has 5 heteroatoms. The highest BCUT2D eigenvalue weighted by atomic mass is 35.5. The summed E-state index contributed by atoms with van der Waals surface area (Å²) >= 11 is 12.0. The van der Waals surface area contributed by atoms with Crippen LogP contribution in [0.5, 0.6) is 0 Å². The van der Waals surface area contributed by atoms with E-state index >= 15 is 0 Å². The van der Waals surface area contributed by atoms with Gasteiger partial charge in [0.2, 0.25) is 0 Å². The van der Waals surface area contributed by atoms with E-state index in [0.717, 1.165) is 36.1 Å². The van der Waals surface area contributed by atoms with Crippen molar-refractivity contribution >= 4 is 23.2 Å². The first kappa shape index (κ1) is 14.6. The maximum atomic E-state index is 6.21. The molecule has 2 aliphatic rings. The minimum atomic E-state index is 0.460. The summed E-state index contributed by atoms with van der Waals surface area (Å²) in [5, 5.41) is 4.89. The van der Waals surface area contributed by atoms with E-state index in [1.54, 1.807) is 12.3 Å². The third-order valence-corrected chi connectivity index (χ3v) is 4.83. The Morgan fingerprint density at radius 1 is 1.20 bits per heavy atom. The molecule has 3 rings (SSSR count). The topological polar surface area (TPSA) is 28.2 Å². The summed E-state index contributed by atoms with van der Waals surface area (Å²) < 4.78 is 0. The fourth-order valence-electron chi connectivity index (χ4n) is 2.74. The molecule has 0 radical (unpaired) electrons. The van der Waals surface area contributed by atoms with Gasteiger partial charge >= 0.3 is 0 Å². The number of hydrogen-bond acceptors (Lipinski definition) is 3. The van der Waals surface area contributed by atoms with Gasteiger partial charge in [-0.3, -0.25) is 4.90 Å². The lowest BCUT2D eigenvalue weighted by atomic mass is 10.0. The molecule has 20 heavy (non-hydrogen) atoms. The number of hydrogen-bond donors (Lipinski definition) is 1. The van der Waals surface area contributed by atoms with Gasteiger partial charge in [-0.1, -0.05) is 23.2 Å². The zero-order valence-corrected chi connectivity index (χ0v) is 13.1. The second-order valence-corrected chi connectivity index (χ2v) is 6.79. The van der Waals surface area contributed by atoms with Crippen molar-refractivity contribution in [1.82, 2.24) is 15.2 Å². The van der Waals surface area contributed by atoms with Crippen molar-refractivity contribution in [3.05, 3.63) is 28.0 Å². The molecule has 0 atom stereocenters. The van der Waals surface area contributed by atoms with Crippen molar-refractivity contribution < 1.29 is 0 Å². The SMILES string of the molecule is Clc1cc(Cl)c(CN2CCC(NCC3CC3)CC2)cn1. The van der Waals surface area contributed by atoms with Gasteiger partial charge in [-0.25, -0.2) is 4.98 Å². The molecule has 0 amide bonds. The summed E-state index contributed by atoms with van der Waals surface area (Å²) in [6.07, 6.45) is 7.10. The Kier molecular flexibility index (Phi) is 4.82. The number of halogens is 2. The molecule has 0 spiro atoms. The van der Waals surface area contributed by atoms with Crippen LogP contribution in [-0.2, 0) is 6.54 Å². The Hall–Kier alpha value is -0.350. The molecule has 0 aromatic carbocycles. The molecule has 0 unspecified atom stereocenters. The monoisotopic (exact) mass is 313 g/mol. The Morgan fingerprint density at radius 3 is 2.60 bits per heavy atom. The Bertz CT molecular complexity index is 454. The first-order valence-corrected chi connectivity index (χ1v) is 8.22. The van der Waals surface area contributed by atoms with Crippen LogP contribution < -0.4 is 5.32 Å². The van der Waals surface area contributed by atoms with Gasteiger partial charge in [0.1, 0.15) is 5.15 Å². The molecule has 1 aliphatic heterocycles. The number of likely N-dealkylation sites (tertiary alicyclic amines) is 1. The molecule has 1 aliphatic carbocycles. The second kappa shape index (κ2) is 6.61. The van der Waals surface area contributed by atoms with E-state index < -0.39 is 0 Å². The van der Waals surface area contributed by atoms with Gasteiger partial charge < -0.3 is 5.32 Å². The van der Waals surface area contributed by atoms with E-state index in [9.17, 15) is 0 Å². The molecule has 0 bridgehead atoms. The second-order valence-electron chi connectivity index (χ2n) is 6.00. The molecule has 1 N–H and O–H groups in total. The van der Waals surface area contributed by atoms with E-state index in [1.165, 1.54) is 32.2 Å². The summed E-state index contributed by atoms with van der Waals surface area (Å²) in [6, 6.07) is 2.42. The number of aromatic nitrogens is 1. The van der Waals surface area contributed by atoms with E-state index in [-0.39, 0.29) is 0 Å². The van der Waals surface area contributed by atoms with Crippen LogP contribution in [0.25, 0.3) is 0 Å².